The first kappa shape index (κ1) is 15.3. The molecule has 0 fully saturated rings. The summed E-state index contributed by atoms with van der Waals surface area (Å²) in [6.07, 6.45) is 2.34. The molecule has 66 valence electrons. The predicted octanol–water partition coefficient (Wildman–Crippen LogP) is -2.98. The summed E-state index contributed by atoms with van der Waals surface area (Å²) >= 11 is 2.27. The second-order valence-electron chi connectivity index (χ2n) is 3.28. The Bertz CT molecular complexity index is 227. The van der Waals surface area contributed by atoms with E-state index in [1.807, 2.05) is 0 Å². The maximum atomic E-state index is 2.34. The van der Waals surface area contributed by atoms with E-state index in [9.17, 15) is 0 Å². The second-order valence-corrected chi connectivity index (χ2v) is 4.90. The summed E-state index contributed by atoms with van der Waals surface area (Å²) in [4.78, 5) is 0. The molecule has 0 spiro atoms. The third-order valence-electron chi connectivity index (χ3n) is 2.44. The van der Waals surface area contributed by atoms with Gasteiger partial charge < -0.3 is 24.8 Å². The SMILES string of the molecule is CC1=C[C](C)([Ti+3])C(C)=C1C.[Cl-].[Cl-]. The summed E-state index contributed by atoms with van der Waals surface area (Å²) in [7, 11) is 0. The molecule has 0 saturated heterocycles. The van der Waals surface area contributed by atoms with Gasteiger partial charge >= 0.3 is 74.6 Å². The van der Waals surface area contributed by atoms with E-state index >= 15 is 0 Å². The zero-order chi connectivity index (χ0) is 7.94. The summed E-state index contributed by atoms with van der Waals surface area (Å²) in [5, 5.41) is 0. The largest absolute Gasteiger partial charge is 1.00 e. The van der Waals surface area contributed by atoms with E-state index in [1.54, 1.807) is 0 Å². The molecule has 12 heavy (non-hydrogen) atoms. The fourth-order valence-corrected chi connectivity index (χ4v) is 1.97. The first-order valence-corrected chi connectivity index (χ1v) is 4.36. The Morgan fingerprint density at radius 2 is 1.58 bits per heavy atom. The molecule has 0 aromatic heterocycles. The molecule has 0 nitrogen and oxygen atoms in total. The zero-order valence-electron chi connectivity index (χ0n) is 7.83. The normalized spacial score (nSPS) is 27.7. The molecule has 0 radical (unpaired) electrons. The molecule has 0 aromatic carbocycles. The average molecular weight is 240 g/mol. The Labute approximate surface area is 99.1 Å². The van der Waals surface area contributed by atoms with E-state index < -0.39 is 0 Å². The van der Waals surface area contributed by atoms with Crippen LogP contribution in [0, 0.1) is 0 Å². The Balaban J connectivity index is 0. The van der Waals surface area contributed by atoms with Crippen molar-refractivity contribution in [2.24, 2.45) is 0 Å². The van der Waals surface area contributed by atoms with Crippen LogP contribution in [0.5, 0.6) is 0 Å². The van der Waals surface area contributed by atoms with Crippen LogP contribution in [-0.2, 0) is 20.4 Å². The van der Waals surface area contributed by atoms with Crippen molar-refractivity contribution < 1.29 is 45.2 Å². The molecular weight excluding hydrogens is 227 g/mol. The molecule has 1 aliphatic rings. The van der Waals surface area contributed by atoms with Crippen LogP contribution in [0.1, 0.15) is 27.7 Å². The molecular formula is C9H13Cl2Ti+. The summed E-state index contributed by atoms with van der Waals surface area (Å²) in [5.74, 6) is 0. The molecule has 0 aliphatic heterocycles. The Morgan fingerprint density at radius 3 is 1.67 bits per heavy atom. The molecule has 0 heterocycles. The smallest absolute Gasteiger partial charge is 1.00 e. The monoisotopic (exact) mass is 239 g/mol. The van der Waals surface area contributed by atoms with Crippen LogP contribution < -0.4 is 24.8 Å². The zero-order valence-corrected chi connectivity index (χ0v) is 10.9. The minimum atomic E-state index is 0. The Morgan fingerprint density at radius 1 is 1.17 bits per heavy atom. The van der Waals surface area contributed by atoms with Crippen LogP contribution in [0.3, 0.4) is 0 Å². The Hall–Kier alpha value is 0.774. The fraction of sp³-hybridized carbons (Fsp3) is 0.556. The number of rotatable bonds is 0. The number of halogens is 2. The van der Waals surface area contributed by atoms with Crippen molar-refractivity contribution in [1.82, 2.24) is 0 Å². The van der Waals surface area contributed by atoms with Gasteiger partial charge in [0.05, 0.1) is 0 Å². The van der Waals surface area contributed by atoms with Gasteiger partial charge in [0.25, 0.3) is 0 Å². The molecule has 0 N–H and O–H groups in total. The van der Waals surface area contributed by atoms with E-state index in [-0.39, 0.29) is 24.8 Å². The minimum absolute atomic E-state index is 0. The average Bonchev–Trinajstić information content (AvgIpc) is 1.95. The van der Waals surface area contributed by atoms with Gasteiger partial charge in [0.2, 0.25) is 0 Å². The van der Waals surface area contributed by atoms with Crippen LogP contribution >= 0.6 is 0 Å². The van der Waals surface area contributed by atoms with E-state index in [0.29, 0.717) is 3.72 Å². The van der Waals surface area contributed by atoms with Crippen LogP contribution in [0.4, 0.5) is 0 Å². The first-order chi connectivity index (χ1) is 4.45. The van der Waals surface area contributed by atoms with E-state index in [1.165, 1.54) is 16.7 Å². The van der Waals surface area contributed by atoms with Gasteiger partial charge in [-0.3, -0.25) is 0 Å². The number of hydrogen-bond acceptors (Lipinski definition) is 0. The van der Waals surface area contributed by atoms with E-state index in [2.05, 4.69) is 54.2 Å². The molecule has 0 amide bonds. The summed E-state index contributed by atoms with van der Waals surface area (Å²) < 4.78 is 0.314. The van der Waals surface area contributed by atoms with Gasteiger partial charge in [-0.2, -0.15) is 0 Å². The second kappa shape index (κ2) is 4.86. The molecule has 1 atom stereocenters. The van der Waals surface area contributed by atoms with Crippen LogP contribution in [-0.4, -0.2) is 0 Å². The van der Waals surface area contributed by atoms with Gasteiger partial charge in [0.1, 0.15) is 0 Å². The Kier molecular flexibility index (Phi) is 6.18. The van der Waals surface area contributed by atoms with E-state index in [0.717, 1.165) is 0 Å². The van der Waals surface area contributed by atoms with Crippen molar-refractivity contribution in [3.8, 4) is 0 Å². The molecule has 0 bridgehead atoms. The fourth-order valence-electron chi connectivity index (χ4n) is 1.33. The van der Waals surface area contributed by atoms with Gasteiger partial charge in [-0.1, -0.05) is 0 Å². The molecule has 1 aliphatic carbocycles. The molecule has 0 aromatic rings. The van der Waals surface area contributed by atoms with Crippen molar-refractivity contribution in [2.45, 2.75) is 31.4 Å². The van der Waals surface area contributed by atoms with Crippen molar-refractivity contribution >= 4 is 0 Å². The third kappa shape index (κ3) is 2.63. The van der Waals surface area contributed by atoms with Crippen molar-refractivity contribution in [3.05, 3.63) is 22.8 Å². The van der Waals surface area contributed by atoms with Crippen LogP contribution in [0.2, 0.25) is 3.72 Å². The minimum Gasteiger partial charge on any atom is -1.00 e. The van der Waals surface area contributed by atoms with Gasteiger partial charge in [0, 0.05) is 0 Å². The number of hydrogen-bond donors (Lipinski definition) is 0. The van der Waals surface area contributed by atoms with Gasteiger partial charge in [0.15, 0.2) is 0 Å². The maximum Gasteiger partial charge on any atom is -1.00 e. The molecule has 3 heteroatoms. The summed E-state index contributed by atoms with van der Waals surface area (Å²) in [5.41, 5.74) is 4.44. The van der Waals surface area contributed by atoms with Gasteiger partial charge in [-0.25, -0.2) is 0 Å². The van der Waals surface area contributed by atoms with Gasteiger partial charge in [-0.05, 0) is 0 Å². The first-order valence-electron chi connectivity index (χ1n) is 3.58. The summed E-state index contributed by atoms with van der Waals surface area (Å²) in [6, 6.07) is 0. The topological polar surface area (TPSA) is 0 Å². The van der Waals surface area contributed by atoms with Gasteiger partial charge in [-0.15, -0.1) is 0 Å². The molecule has 0 saturated carbocycles. The standard InChI is InChI=1S/C9H13.2ClH.Ti/c1-6-5-7(2)9(4)8(6)3;;;/h5H,1-4H3;2*1H;/q;;;+3/p-2. The summed E-state index contributed by atoms with van der Waals surface area (Å²) in [6.45, 7) is 8.88. The number of allylic oxidation sites excluding steroid dienone is 4. The van der Waals surface area contributed by atoms with Crippen molar-refractivity contribution in [2.75, 3.05) is 0 Å². The maximum absolute atomic E-state index is 2.34. The van der Waals surface area contributed by atoms with E-state index in [4.69, 9.17) is 0 Å². The van der Waals surface area contributed by atoms with Crippen LogP contribution in [0.25, 0.3) is 0 Å². The van der Waals surface area contributed by atoms with Crippen molar-refractivity contribution in [1.29, 1.82) is 0 Å². The quantitative estimate of drug-likeness (QED) is 0.396. The molecule has 1 rings (SSSR count). The molecule has 1 unspecified atom stereocenters. The van der Waals surface area contributed by atoms with Crippen molar-refractivity contribution in [3.63, 3.8) is 0 Å². The third-order valence-corrected chi connectivity index (χ3v) is 3.25. The van der Waals surface area contributed by atoms with Crippen LogP contribution in [0.15, 0.2) is 22.8 Å². The predicted molar refractivity (Wildman–Crippen MR) is 40.5 cm³/mol.